The lowest BCUT2D eigenvalue weighted by Crippen LogP contribution is -2.67. The Bertz CT molecular complexity index is 774. The number of phenols is 1. The summed E-state index contributed by atoms with van der Waals surface area (Å²) in [6, 6.07) is 10.4. The molecule has 26 heavy (non-hydrogen) atoms. The number of aromatic nitrogens is 1. The van der Waals surface area contributed by atoms with Crippen molar-refractivity contribution in [3.05, 3.63) is 59.9 Å². The molecule has 136 valence electrons. The lowest BCUT2D eigenvalue weighted by molar-refractivity contribution is -0.188. The lowest BCUT2D eigenvalue weighted by atomic mass is 9.84. The second-order valence-electron chi connectivity index (χ2n) is 7.02. The van der Waals surface area contributed by atoms with E-state index >= 15 is 0 Å². The molecule has 2 fully saturated rings. The lowest BCUT2D eigenvalue weighted by Gasteiger charge is -2.53. The highest BCUT2D eigenvalue weighted by Gasteiger charge is 2.49. The van der Waals surface area contributed by atoms with E-state index in [-0.39, 0.29) is 23.4 Å². The SMILES string of the molecule is O=C(c1cccc(O)c1)N1CC2(CC(OCc3ccncc3)CCO2)C1. The van der Waals surface area contributed by atoms with Crippen LogP contribution in [-0.2, 0) is 16.1 Å². The number of nitrogens with zero attached hydrogens (tertiary/aromatic N) is 2. The zero-order valence-electron chi connectivity index (χ0n) is 14.5. The Balaban J connectivity index is 1.32. The number of carbonyl (C=O) groups excluding carboxylic acids is 1. The number of likely N-dealkylation sites (tertiary alicyclic amines) is 1. The molecule has 4 rings (SSSR count). The molecule has 0 aliphatic carbocycles. The van der Waals surface area contributed by atoms with Crippen LogP contribution in [0.4, 0.5) is 0 Å². The third kappa shape index (κ3) is 3.57. The van der Waals surface area contributed by atoms with Gasteiger partial charge in [-0.25, -0.2) is 0 Å². The number of carbonyl (C=O) groups is 1. The number of hydrogen-bond donors (Lipinski definition) is 1. The van der Waals surface area contributed by atoms with Crippen LogP contribution >= 0.6 is 0 Å². The van der Waals surface area contributed by atoms with E-state index in [4.69, 9.17) is 9.47 Å². The Morgan fingerprint density at radius 1 is 1.31 bits per heavy atom. The number of aromatic hydroxyl groups is 1. The first kappa shape index (κ1) is 17.0. The third-order valence-corrected chi connectivity index (χ3v) is 5.02. The second-order valence-corrected chi connectivity index (χ2v) is 7.02. The van der Waals surface area contributed by atoms with Gasteiger partial charge in [-0.05, 0) is 42.3 Å². The number of pyridine rings is 1. The zero-order valence-corrected chi connectivity index (χ0v) is 14.5. The molecule has 0 bridgehead atoms. The normalized spacial score (nSPS) is 21.4. The van der Waals surface area contributed by atoms with Crippen molar-refractivity contribution in [1.29, 1.82) is 0 Å². The van der Waals surface area contributed by atoms with Crippen LogP contribution in [0.1, 0.15) is 28.8 Å². The monoisotopic (exact) mass is 354 g/mol. The topological polar surface area (TPSA) is 71.9 Å². The highest BCUT2D eigenvalue weighted by Crippen LogP contribution is 2.36. The van der Waals surface area contributed by atoms with Gasteiger partial charge in [-0.15, -0.1) is 0 Å². The van der Waals surface area contributed by atoms with Crippen molar-refractivity contribution in [1.82, 2.24) is 9.88 Å². The second kappa shape index (κ2) is 7.05. The summed E-state index contributed by atoms with van der Waals surface area (Å²) in [5, 5.41) is 9.55. The van der Waals surface area contributed by atoms with Crippen molar-refractivity contribution in [2.24, 2.45) is 0 Å². The highest BCUT2D eigenvalue weighted by molar-refractivity contribution is 5.95. The van der Waals surface area contributed by atoms with Gasteiger partial charge >= 0.3 is 0 Å². The molecule has 1 N–H and O–H groups in total. The first-order valence-corrected chi connectivity index (χ1v) is 8.86. The smallest absolute Gasteiger partial charge is 0.254 e. The molecule has 1 amide bonds. The van der Waals surface area contributed by atoms with E-state index in [1.807, 2.05) is 12.1 Å². The molecule has 1 unspecified atom stereocenters. The van der Waals surface area contributed by atoms with Gasteiger partial charge in [0.2, 0.25) is 0 Å². The van der Waals surface area contributed by atoms with Gasteiger partial charge in [0.05, 0.1) is 25.8 Å². The molecule has 3 heterocycles. The van der Waals surface area contributed by atoms with Gasteiger partial charge < -0.3 is 19.5 Å². The van der Waals surface area contributed by atoms with E-state index in [1.54, 1.807) is 35.5 Å². The van der Waals surface area contributed by atoms with Crippen LogP contribution in [0, 0.1) is 0 Å². The maximum Gasteiger partial charge on any atom is 0.254 e. The van der Waals surface area contributed by atoms with E-state index < -0.39 is 0 Å². The Kier molecular flexibility index (Phi) is 4.61. The van der Waals surface area contributed by atoms with Gasteiger partial charge in [0.25, 0.3) is 5.91 Å². The molecule has 1 spiro atoms. The van der Waals surface area contributed by atoms with Gasteiger partial charge in [0.1, 0.15) is 11.4 Å². The van der Waals surface area contributed by atoms with Crippen molar-refractivity contribution >= 4 is 5.91 Å². The largest absolute Gasteiger partial charge is 0.508 e. The van der Waals surface area contributed by atoms with Crippen molar-refractivity contribution in [2.75, 3.05) is 19.7 Å². The van der Waals surface area contributed by atoms with Gasteiger partial charge in [-0.3, -0.25) is 9.78 Å². The average Bonchev–Trinajstić information content (AvgIpc) is 2.65. The van der Waals surface area contributed by atoms with E-state index in [0.29, 0.717) is 31.9 Å². The van der Waals surface area contributed by atoms with E-state index in [9.17, 15) is 9.90 Å². The summed E-state index contributed by atoms with van der Waals surface area (Å²) >= 11 is 0. The van der Waals surface area contributed by atoms with Crippen LogP contribution in [0.25, 0.3) is 0 Å². The summed E-state index contributed by atoms with van der Waals surface area (Å²) < 4.78 is 12.0. The van der Waals surface area contributed by atoms with Crippen LogP contribution in [-0.4, -0.2) is 52.3 Å². The Morgan fingerprint density at radius 2 is 2.12 bits per heavy atom. The standard InChI is InChI=1S/C20H22N2O4/c23-17-3-1-2-16(10-17)19(24)22-13-20(14-22)11-18(6-9-26-20)25-12-15-4-7-21-8-5-15/h1-5,7-8,10,18,23H,6,9,11-14H2. The van der Waals surface area contributed by atoms with E-state index in [0.717, 1.165) is 18.4 Å². The fraction of sp³-hybridized carbons (Fsp3) is 0.400. The van der Waals surface area contributed by atoms with Crippen molar-refractivity contribution in [3.8, 4) is 5.75 Å². The van der Waals surface area contributed by atoms with Gasteiger partial charge in [-0.1, -0.05) is 6.07 Å². The fourth-order valence-electron chi connectivity index (χ4n) is 3.65. The summed E-state index contributed by atoms with van der Waals surface area (Å²) in [5.74, 6) is 0.0273. The van der Waals surface area contributed by atoms with E-state index in [1.165, 1.54) is 6.07 Å². The number of hydrogen-bond acceptors (Lipinski definition) is 5. The van der Waals surface area contributed by atoms with Crippen molar-refractivity contribution < 1.29 is 19.4 Å². The summed E-state index contributed by atoms with van der Waals surface area (Å²) in [4.78, 5) is 18.3. The molecule has 1 atom stereocenters. The average molecular weight is 354 g/mol. The maximum atomic E-state index is 12.5. The fourth-order valence-corrected chi connectivity index (χ4v) is 3.65. The summed E-state index contributed by atoms with van der Waals surface area (Å²) in [6.07, 6.45) is 5.33. The molecule has 1 aromatic heterocycles. The van der Waals surface area contributed by atoms with Gasteiger partial charge in [0, 0.05) is 31.0 Å². The number of benzene rings is 1. The predicted octanol–water partition coefficient (Wildman–Crippen LogP) is 2.38. The summed E-state index contributed by atoms with van der Waals surface area (Å²) in [5.41, 5.74) is 1.31. The number of ether oxygens (including phenoxy) is 2. The minimum absolute atomic E-state index is 0.0741. The Hall–Kier alpha value is -2.44. The molecule has 2 aliphatic heterocycles. The Labute approximate surface area is 152 Å². The maximum absolute atomic E-state index is 12.5. The minimum Gasteiger partial charge on any atom is -0.508 e. The molecule has 0 radical (unpaired) electrons. The first-order valence-electron chi connectivity index (χ1n) is 8.86. The highest BCUT2D eigenvalue weighted by atomic mass is 16.5. The number of phenolic OH excluding ortho intramolecular Hbond substituents is 1. The number of rotatable bonds is 4. The van der Waals surface area contributed by atoms with Gasteiger partial charge in [-0.2, -0.15) is 0 Å². The van der Waals surface area contributed by atoms with Gasteiger partial charge in [0.15, 0.2) is 0 Å². The molecule has 1 aromatic carbocycles. The van der Waals surface area contributed by atoms with E-state index in [2.05, 4.69) is 4.98 Å². The molecule has 2 aromatic rings. The predicted molar refractivity (Wildman–Crippen MR) is 94.7 cm³/mol. The molecule has 2 aliphatic rings. The number of amides is 1. The third-order valence-electron chi connectivity index (χ3n) is 5.02. The summed E-state index contributed by atoms with van der Waals surface area (Å²) in [7, 11) is 0. The minimum atomic E-state index is -0.298. The summed E-state index contributed by atoms with van der Waals surface area (Å²) in [6.45, 7) is 2.34. The van der Waals surface area contributed by atoms with Crippen LogP contribution in [0.2, 0.25) is 0 Å². The van der Waals surface area contributed by atoms with Crippen LogP contribution < -0.4 is 0 Å². The zero-order chi connectivity index (χ0) is 18.0. The molecule has 6 heteroatoms. The molecule has 0 saturated carbocycles. The molecular weight excluding hydrogens is 332 g/mol. The van der Waals surface area contributed by atoms with Crippen LogP contribution in [0.3, 0.4) is 0 Å². The van der Waals surface area contributed by atoms with Crippen molar-refractivity contribution in [2.45, 2.75) is 31.2 Å². The quantitative estimate of drug-likeness (QED) is 0.913. The Morgan fingerprint density at radius 3 is 2.88 bits per heavy atom. The molecule has 6 nitrogen and oxygen atoms in total. The first-order chi connectivity index (χ1) is 12.6. The van der Waals surface area contributed by atoms with Crippen LogP contribution in [0.5, 0.6) is 5.75 Å². The molecule has 2 saturated heterocycles. The van der Waals surface area contributed by atoms with Crippen LogP contribution in [0.15, 0.2) is 48.8 Å². The molecular formula is C20H22N2O4. The van der Waals surface area contributed by atoms with Crippen molar-refractivity contribution in [3.63, 3.8) is 0 Å².